The fraction of sp³-hybridized carbons (Fsp3) is 0.273. The normalized spacial score (nSPS) is 14.4. The second-order valence-corrected chi connectivity index (χ2v) is 5.05. The lowest BCUT2D eigenvalue weighted by Crippen LogP contribution is -2.33. The van der Waals surface area contributed by atoms with Crippen molar-refractivity contribution in [3.05, 3.63) is 34.1 Å². The molecule has 20 heavy (non-hydrogen) atoms. The SMILES string of the molecule is O=C(CN1CCSC1=O)Nc1ccc(F)c([N+](=O)[O-])c1. The van der Waals surface area contributed by atoms with Crippen molar-refractivity contribution in [3.8, 4) is 0 Å². The van der Waals surface area contributed by atoms with Gasteiger partial charge in [-0.1, -0.05) is 11.8 Å². The number of nitrogens with zero attached hydrogens (tertiary/aromatic N) is 2. The molecule has 1 N–H and O–H groups in total. The van der Waals surface area contributed by atoms with E-state index in [1.807, 2.05) is 0 Å². The summed E-state index contributed by atoms with van der Waals surface area (Å²) in [5.74, 6) is -0.824. The number of hydrogen-bond donors (Lipinski definition) is 1. The Balaban J connectivity index is 2.02. The molecule has 9 heteroatoms. The van der Waals surface area contributed by atoms with Crippen LogP contribution in [0.1, 0.15) is 0 Å². The molecule has 0 radical (unpaired) electrons. The Kier molecular flexibility index (Phi) is 4.18. The van der Waals surface area contributed by atoms with Crippen LogP contribution in [0.25, 0.3) is 0 Å². The summed E-state index contributed by atoms with van der Waals surface area (Å²) in [5.41, 5.74) is -0.599. The highest BCUT2D eigenvalue weighted by atomic mass is 32.2. The minimum absolute atomic E-state index is 0.113. The summed E-state index contributed by atoms with van der Waals surface area (Å²) in [6, 6.07) is 3.07. The summed E-state index contributed by atoms with van der Waals surface area (Å²) < 4.78 is 13.1. The van der Waals surface area contributed by atoms with Crippen molar-refractivity contribution in [2.45, 2.75) is 0 Å². The van der Waals surface area contributed by atoms with Crippen LogP contribution in [0.2, 0.25) is 0 Å². The quantitative estimate of drug-likeness (QED) is 0.676. The number of amides is 2. The molecule has 1 heterocycles. The molecule has 0 unspecified atom stereocenters. The zero-order valence-electron chi connectivity index (χ0n) is 10.2. The molecule has 0 spiro atoms. The Labute approximate surface area is 117 Å². The van der Waals surface area contributed by atoms with Crippen LogP contribution in [0.15, 0.2) is 18.2 Å². The fourth-order valence-electron chi connectivity index (χ4n) is 1.67. The van der Waals surface area contributed by atoms with Crippen LogP contribution >= 0.6 is 11.8 Å². The third-order valence-corrected chi connectivity index (χ3v) is 3.50. The summed E-state index contributed by atoms with van der Waals surface area (Å²) >= 11 is 1.13. The number of anilines is 1. The van der Waals surface area contributed by atoms with Crippen molar-refractivity contribution < 1.29 is 18.9 Å². The van der Waals surface area contributed by atoms with Gasteiger partial charge >= 0.3 is 5.69 Å². The van der Waals surface area contributed by atoms with Gasteiger partial charge < -0.3 is 10.2 Å². The number of nitro groups is 1. The minimum atomic E-state index is -0.973. The lowest BCUT2D eigenvalue weighted by Gasteiger charge is -2.13. The second kappa shape index (κ2) is 5.87. The standard InChI is InChI=1S/C11H10FN3O4S/c12-8-2-1-7(5-9(8)15(18)19)13-10(16)6-14-3-4-20-11(14)17/h1-2,5H,3-4,6H2,(H,13,16). The van der Waals surface area contributed by atoms with Crippen molar-refractivity contribution >= 4 is 34.3 Å². The van der Waals surface area contributed by atoms with Gasteiger partial charge in [0.2, 0.25) is 11.7 Å². The minimum Gasteiger partial charge on any atom is -0.324 e. The van der Waals surface area contributed by atoms with E-state index < -0.39 is 22.3 Å². The fourth-order valence-corrected chi connectivity index (χ4v) is 2.50. The summed E-state index contributed by atoms with van der Waals surface area (Å²) in [6.45, 7) is 0.359. The summed E-state index contributed by atoms with van der Waals surface area (Å²) in [7, 11) is 0. The van der Waals surface area contributed by atoms with Crippen molar-refractivity contribution in [2.75, 3.05) is 24.2 Å². The average Bonchev–Trinajstić information content (AvgIpc) is 2.77. The van der Waals surface area contributed by atoms with Gasteiger partial charge in [-0.2, -0.15) is 4.39 Å². The van der Waals surface area contributed by atoms with Gasteiger partial charge in [-0.3, -0.25) is 19.7 Å². The molecule has 1 aromatic carbocycles. The number of carbonyl (C=O) groups is 2. The largest absolute Gasteiger partial charge is 0.324 e. The van der Waals surface area contributed by atoms with Crippen molar-refractivity contribution in [1.29, 1.82) is 0 Å². The van der Waals surface area contributed by atoms with Crippen molar-refractivity contribution in [1.82, 2.24) is 4.90 Å². The number of halogens is 1. The maximum atomic E-state index is 13.1. The Bertz CT molecular complexity index is 581. The zero-order valence-corrected chi connectivity index (χ0v) is 11.0. The van der Waals surface area contributed by atoms with Crippen LogP contribution in [0.3, 0.4) is 0 Å². The molecule has 7 nitrogen and oxygen atoms in total. The highest BCUT2D eigenvalue weighted by Gasteiger charge is 2.23. The van der Waals surface area contributed by atoms with Crippen molar-refractivity contribution in [3.63, 3.8) is 0 Å². The molecule has 1 aliphatic rings. The van der Waals surface area contributed by atoms with E-state index >= 15 is 0 Å². The number of carbonyl (C=O) groups excluding carboxylic acids is 2. The first-order valence-electron chi connectivity index (χ1n) is 5.63. The van der Waals surface area contributed by atoms with Crippen LogP contribution in [-0.2, 0) is 4.79 Å². The van der Waals surface area contributed by atoms with Gasteiger partial charge in [-0.25, -0.2) is 0 Å². The molecule has 0 saturated carbocycles. The van der Waals surface area contributed by atoms with E-state index in [4.69, 9.17) is 0 Å². The topological polar surface area (TPSA) is 92.6 Å². The third kappa shape index (κ3) is 3.23. The lowest BCUT2D eigenvalue weighted by atomic mass is 10.2. The molecule has 2 amide bonds. The predicted octanol–water partition coefficient (Wildman–Crippen LogP) is 1.84. The Morgan fingerprint density at radius 3 is 2.90 bits per heavy atom. The maximum Gasteiger partial charge on any atom is 0.306 e. The molecular formula is C11H10FN3O4S. The third-order valence-electron chi connectivity index (χ3n) is 2.61. The van der Waals surface area contributed by atoms with Gasteiger partial charge in [-0.15, -0.1) is 0 Å². The first kappa shape index (κ1) is 14.3. The summed E-state index contributed by atoms with van der Waals surface area (Å²) in [4.78, 5) is 34.1. The van der Waals surface area contributed by atoms with Gasteiger partial charge in [0.15, 0.2) is 0 Å². The van der Waals surface area contributed by atoms with Crippen LogP contribution in [0.5, 0.6) is 0 Å². The van der Waals surface area contributed by atoms with Crippen LogP contribution < -0.4 is 5.32 Å². The molecule has 0 aromatic heterocycles. The average molecular weight is 299 g/mol. The summed E-state index contributed by atoms with van der Waals surface area (Å²) in [6.07, 6.45) is 0. The Morgan fingerprint density at radius 2 is 2.30 bits per heavy atom. The number of benzene rings is 1. The molecular weight excluding hydrogens is 289 g/mol. The van der Waals surface area contributed by atoms with E-state index in [0.29, 0.717) is 12.3 Å². The predicted molar refractivity (Wildman–Crippen MR) is 71.1 cm³/mol. The molecule has 0 bridgehead atoms. The molecule has 0 aliphatic carbocycles. The summed E-state index contributed by atoms with van der Waals surface area (Å²) in [5, 5.41) is 12.8. The zero-order chi connectivity index (χ0) is 14.7. The highest BCUT2D eigenvalue weighted by Crippen LogP contribution is 2.22. The Morgan fingerprint density at radius 1 is 1.55 bits per heavy atom. The van der Waals surface area contributed by atoms with Crippen LogP contribution in [0, 0.1) is 15.9 Å². The van der Waals surface area contributed by atoms with E-state index in [2.05, 4.69) is 5.32 Å². The van der Waals surface area contributed by atoms with E-state index in [1.54, 1.807) is 0 Å². The number of rotatable bonds is 4. The molecule has 2 rings (SSSR count). The van der Waals surface area contributed by atoms with Gasteiger partial charge in [0.05, 0.1) is 4.92 Å². The van der Waals surface area contributed by atoms with Gasteiger partial charge in [0, 0.05) is 24.1 Å². The monoisotopic (exact) mass is 299 g/mol. The maximum absolute atomic E-state index is 13.1. The van der Waals surface area contributed by atoms with Gasteiger partial charge in [-0.05, 0) is 12.1 Å². The van der Waals surface area contributed by atoms with Crippen molar-refractivity contribution in [2.24, 2.45) is 0 Å². The first-order valence-corrected chi connectivity index (χ1v) is 6.61. The van der Waals surface area contributed by atoms with E-state index in [1.165, 1.54) is 11.0 Å². The number of thioether (sulfide) groups is 1. The Hall–Kier alpha value is -2.16. The lowest BCUT2D eigenvalue weighted by molar-refractivity contribution is -0.387. The number of nitrogens with one attached hydrogen (secondary N) is 1. The molecule has 1 aliphatic heterocycles. The van der Waals surface area contributed by atoms with Gasteiger partial charge in [0.1, 0.15) is 6.54 Å². The van der Waals surface area contributed by atoms with E-state index in [-0.39, 0.29) is 17.5 Å². The molecule has 0 atom stereocenters. The number of hydrogen-bond acceptors (Lipinski definition) is 5. The van der Waals surface area contributed by atoms with E-state index in [9.17, 15) is 24.1 Å². The molecule has 1 aromatic rings. The van der Waals surface area contributed by atoms with Crippen LogP contribution in [0.4, 0.5) is 20.6 Å². The second-order valence-electron chi connectivity index (χ2n) is 4.01. The molecule has 106 valence electrons. The van der Waals surface area contributed by atoms with Gasteiger partial charge in [0.25, 0.3) is 5.24 Å². The van der Waals surface area contributed by atoms with Crippen LogP contribution in [-0.4, -0.2) is 39.8 Å². The molecule has 1 fully saturated rings. The smallest absolute Gasteiger partial charge is 0.306 e. The number of nitro benzene ring substituents is 1. The highest BCUT2D eigenvalue weighted by molar-refractivity contribution is 8.13. The van der Waals surface area contributed by atoms with E-state index in [0.717, 1.165) is 23.9 Å². The first-order chi connectivity index (χ1) is 9.47. The molecule has 1 saturated heterocycles.